The Morgan fingerprint density at radius 1 is 1.19 bits per heavy atom. The summed E-state index contributed by atoms with van der Waals surface area (Å²) in [5.41, 5.74) is -0.371. The highest BCUT2D eigenvalue weighted by Crippen LogP contribution is 2.29. The lowest BCUT2D eigenvalue weighted by molar-refractivity contribution is -0.145. The lowest BCUT2D eigenvalue weighted by Gasteiger charge is -2.29. The van der Waals surface area contributed by atoms with Crippen LogP contribution in [0, 0.1) is 5.82 Å². The average Bonchev–Trinajstić information content (AvgIpc) is 2.49. The van der Waals surface area contributed by atoms with Crippen molar-refractivity contribution < 1.29 is 13.9 Å². The van der Waals surface area contributed by atoms with Crippen molar-refractivity contribution in [2.24, 2.45) is 0 Å². The number of ether oxygens (including phenoxy) is 1. The van der Waals surface area contributed by atoms with E-state index in [1.807, 2.05) is 0 Å². The molecular formula is C16H15ClFNO2. The Morgan fingerprint density at radius 2 is 1.81 bits per heavy atom. The molecule has 110 valence electrons. The van der Waals surface area contributed by atoms with Crippen LogP contribution in [-0.2, 0) is 15.1 Å². The lowest BCUT2D eigenvalue weighted by Crippen LogP contribution is -2.41. The van der Waals surface area contributed by atoms with E-state index in [2.05, 4.69) is 5.32 Å². The van der Waals surface area contributed by atoms with Crippen LogP contribution in [0.4, 0.5) is 10.1 Å². The van der Waals surface area contributed by atoms with Crippen LogP contribution in [0.5, 0.6) is 0 Å². The molecule has 0 aromatic heterocycles. The van der Waals surface area contributed by atoms with Crippen molar-refractivity contribution in [2.45, 2.75) is 12.5 Å². The molecule has 0 radical (unpaired) electrons. The van der Waals surface area contributed by atoms with E-state index >= 15 is 0 Å². The summed E-state index contributed by atoms with van der Waals surface area (Å²) in [6.45, 7) is 1.63. The number of anilines is 1. The number of hydrogen-bond donors (Lipinski definition) is 1. The average molecular weight is 308 g/mol. The third-order valence-electron chi connectivity index (χ3n) is 3.27. The molecule has 21 heavy (non-hydrogen) atoms. The molecule has 1 unspecified atom stereocenters. The minimum Gasteiger partial charge on any atom is -0.467 e. The summed E-state index contributed by atoms with van der Waals surface area (Å²) in [5, 5.41) is 3.47. The van der Waals surface area contributed by atoms with E-state index in [9.17, 15) is 9.18 Å². The number of hydrogen-bond acceptors (Lipinski definition) is 3. The molecule has 0 aliphatic rings. The zero-order valence-electron chi connectivity index (χ0n) is 11.7. The maximum Gasteiger partial charge on any atom is 0.335 e. The summed E-state index contributed by atoms with van der Waals surface area (Å²) < 4.78 is 18.7. The van der Waals surface area contributed by atoms with Gasteiger partial charge in [0.1, 0.15) is 5.82 Å². The van der Waals surface area contributed by atoms with Crippen molar-refractivity contribution in [1.82, 2.24) is 0 Å². The summed E-state index contributed by atoms with van der Waals surface area (Å²) in [5.74, 6) is -0.963. The van der Waals surface area contributed by atoms with Crippen LogP contribution >= 0.6 is 11.6 Å². The molecule has 0 aliphatic heterocycles. The van der Waals surface area contributed by atoms with Crippen LogP contribution < -0.4 is 5.32 Å². The third kappa shape index (κ3) is 3.16. The van der Waals surface area contributed by atoms with Crippen LogP contribution in [0.2, 0.25) is 5.02 Å². The molecule has 2 aromatic carbocycles. The van der Waals surface area contributed by atoms with Crippen molar-refractivity contribution in [3.05, 3.63) is 64.9 Å². The molecule has 0 saturated heterocycles. The molecule has 0 spiro atoms. The normalized spacial score (nSPS) is 13.3. The van der Waals surface area contributed by atoms with Crippen molar-refractivity contribution in [2.75, 3.05) is 12.4 Å². The Balaban J connectivity index is 2.45. The fraction of sp³-hybridized carbons (Fsp3) is 0.188. The van der Waals surface area contributed by atoms with Crippen LogP contribution in [0.3, 0.4) is 0 Å². The Morgan fingerprint density at radius 3 is 2.38 bits per heavy atom. The van der Waals surface area contributed by atoms with Crippen LogP contribution in [-0.4, -0.2) is 13.1 Å². The summed E-state index contributed by atoms with van der Waals surface area (Å²) in [6, 6.07) is 12.9. The Labute approximate surface area is 127 Å². The van der Waals surface area contributed by atoms with Gasteiger partial charge in [-0.25, -0.2) is 9.18 Å². The van der Waals surface area contributed by atoms with Crippen molar-refractivity contribution in [1.29, 1.82) is 0 Å². The smallest absolute Gasteiger partial charge is 0.335 e. The van der Waals surface area contributed by atoms with E-state index in [-0.39, 0.29) is 5.69 Å². The number of halogens is 2. The SMILES string of the molecule is COC(=O)C(C)(Nc1ccccc1F)c1ccc(Cl)cc1. The number of para-hydroxylation sites is 1. The monoisotopic (exact) mass is 307 g/mol. The van der Waals surface area contributed by atoms with Crippen LogP contribution in [0.1, 0.15) is 12.5 Å². The molecule has 2 rings (SSSR count). The van der Waals surface area contributed by atoms with E-state index in [1.165, 1.54) is 13.2 Å². The van der Waals surface area contributed by atoms with Gasteiger partial charge in [0.05, 0.1) is 12.8 Å². The topological polar surface area (TPSA) is 38.3 Å². The van der Waals surface area contributed by atoms with Gasteiger partial charge in [0, 0.05) is 5.02 Å². The van der Waals surface area contributed by atoms with Crippen LogP contribution in [0.15, 0.2) is 48.5 Å². The number of benzene rings is 2. The molecule has 1 atom stereocenters. The van der Waals surface area contributed by atoms with Gasteiger partial charge in [-0.3, -0.25) is 0 Å². The summed E-state index contributed by atoms with van der Waals surface area (Å²) in [7, 11) is 1.29. The van der Waals surface area contributed by atoms with Crippen molar-refractivity contribution >= 4 is 23.3 Å². The molecule has 0 amide bonds. The zero-order chi connectivity index (χ0) is 15.5. The predicted molar refractivity (Wildman–Crippen MR) is 80.8 cm³/mol. The summed E-state index contributed by atoms with van der Waals surface area (Å²) in [4.78, 5) is 12.2. The van der Waals surface area contributed by atoms with Crippen molar-refractivity contribution in [3.8, 4) is 0 Å². The largest absolute Gasteiger partial charge is 0.467 e. The van der Waals surface area contributed by atoms with Gasteiger partial charge in [-0.2, -0.15) is 0 Å². The van der Waals surface area contributed by atoms with Gasteiger partial charge in [-0.15, -0.1) is 0 Å². The van der Waals surface area contributed by atoms with E-state index in [0.29, 0.717) is 10.6 Å². The molecule has 0 bridgehead atoms. The Bertz CT molecular complexity index is 645. The number of methoxy groups -OCH3 is 1. The zero-order valence-corrected chi connectivity index (χ0v) is 12.4. The quantitative estimate of drug-likeness (QED) is 0.868. The number of carbonyl (C=O) groups is 1. The maximum absolute atomic E-state index is 13.8. The Kier molecular flexibility index (Phi) is 4.48. The van der Waals surface area contributed by atoms with Gasteiger partial charge in [-0.05, 0) is 36.8 Å². The summed E-state index contributed by atoms with van der Waals surface area (Å²) in [6.07, 6.45) is 0. The van der Waals surface area contributed by atoms with Gasteiger partial charge in [0.25, 0.3) is 0 Å². The number of nitrogens with one attached hydrogen (secondary N) is 1. The second kappa shape index (κ2) is 6.14. The molecule has 0 heterocycles. The molecule has 1 N–H and O–H groups in total. The van der Waals surface area contributed by atoms with E-state index in [1.54, 1.807) is 49.4 Å². The van der Waals surface area contributed by atoms with E-state index in [0.717, 1.165) is 0 Å². The highest BCUT2D eigenvalue weighted by atomic mass is 35.5. The fourth-order valence-corrected chi connectivity index (χ4v) is 2.19. The first-order valence-corrected chi connectivity index (χ1v) is 6.72. The molecule has 2 aromatic rings. The maximum atomic E-state index is 13.8. The fourth-order valence-electron chi connectivity index (χ4n) is 2.06. The predicted octanol–water partition coefficient (Wildman–Crippen LogP) is 3.98. The molecule has 0 aliphatic carbocycles. The van der Waals surface area contributed by atoms with Gasteiger partial charge < -0.3 is 10.1 Å². The Hall–Kier alpha value is -2.07. The standard InChI is InChI=1S/C16H15ClFNO2/c1-16(15(20)21-2,11-7-9-12(17)10-8-11)19-14-6-4-3-5-13(14)18/h3-10,19H,1-2H3. The van der Waals surface area contributed by atoms with E-state index in [4.69, 9.17) is 16.3 Å². The second-order valence-electron chi connectivity index (χ2n) is 4.73. The molecule has 0 fully saturated rings. The number of carbonyl (C=O) groups excluding carboxylic acids is 1. The minimum atomic E-state index is -1.22. The highest BCUT2D eigenvalue weighted by molar-refractivity contribution is 6.30. The van der Waals surface area contributed by atoms with E-state index < -0.39 is 17.3 Å². The number of rotatable bonds is 4. The van der Waals surface area contributed by atoms with Crippen molar-refractivity contribution in [3.63, 3.8) is 0 Å². The molecule has 3 nitrogen and oxygen atoms in total. The van der Waals surface area contributed by atoms with Crippen LogP contribution in [0.25, 0.3) is 0 Å². The second-order valence-corrected chi connectivity index (χ2v) is 5.16. The summed E-state index contributed by atoms with van der Waals surface area (Å²) >= 11 is 5.86. The third-order valence-corrected chi connectivity index (χ3v) is 3.53. The first-order chi connectivity index (χ1) is 9.97. The first-order valence-electron chi connectivity index (χ1n) is 6.34. The first kappa shape index (κ1) is 15.3. The van der Waals surface area contributed by atoms with Gasteiger partial charge >= 0.3 is 5.97 Å². The minimum absolute atomic E-state index is 0.223. The molecular weight excluding hydrogens is 293 g/mol. The lowest BCUT2D eigenvalue weighted by atomic mass is 9.91. The molecule has 0 saturated carbocycles. The van der Waals surface area contributed by atoms with Gasteiger partial charge in [0.2, 0.25) is 0 Å². The highest BCUT2D eigenvalue weighted by Gasteiger charge is 2.37. The van der Waals surface area contributed by atoms with Gasteiger partial charge in [-0.1, -0.05) is 35.9 Å². The number of esters is 1. The molecule has 5 heteroatoms. The van der Waals surface area contributed by atoms with Gasteiger partial charge in [0.15, 0.2) is 5.54 Å².